The van der Waals surface area contributed by atoms with Gasteiger partial charge < -0.3 is 10.1 Å². The molecule has 3 aromatic rings. The van der Waals surface area contributed by atoms with Crippen molar-refractivity contribution in [2.24, 2.45) is 5.92 Å². The molecule has 35 heavy (non-hydrogen) atoms. The Morgan fingerprint density at radius 2 is 1.89 bits per heavy atom. The number of piperidine rings is 1. The van der Waals surface area contributed by atoms with Crippen LogP contribution < -0.4 is 4.73 Å². The normalized spacial score (nSPS) is 17.6. The number of halogens is 3. The van der Waals surface area contributed by atoms with Crippen LogP contribution in [0.3, 0.4) is 0 Å². The smallest absolute Gasteiger partial charge is 0.226 e. The number of likely N-dealkylation sites (tertiary alicyclic amines) is 1. The van der Waals surface area contributed by atoms with Gasteiger partial charge in [-0.05, 0) is 76.0 Å². The molecule has 1 atom stereocenters. The first-order chi connectivity index (χ1) is 16.8. The van der Waals surface area contributed by atoms with Gasteiger partial charge in [-0.25, -0.2) is 0 Å². The van der Waals surface area contributed by atoms with Gasteiger partial charge in [-0.2, -0.15) is 4.73 Å². The van der Waals surface area contributed by atoms with Crippen LogP contribution in [-0.4, -0.2) is 28.9 Å². The second kappa shape index (κ2) is 10.0. The number of amides is 1. The van der Waals surface area contributed by atoms with E-state index in [0.717, 1.165) is 48.9 Å². The highest BCUT2D eigenvalue weighted by atomic mass is 79.9. The van der Waals surface area contributed by atoms with Gasteiger partial charge in [0.25, 0.3) is 0 Å². The summed E-state index contributed by atoms with van der Waals surface area (Å²) in [5.41, 5.74) is 6.54. The molecule has 3 heterocycles. The molecule has 180 valence electrons. The number of benzene rings is 1. The molecule has 0 saturated carbocycles. The highest BCUT2D eigenvalue weighted by Crippen LogP contribution is 2.47. The Kier molecular flexibility index (Phi) is 7.02. The minimum atomic E-state index is 0.0901. The lowest BCUT2D eigenvalue weighted by Crippen LogP contribution is -2.41. The fourth-order valence-corrected chi connectivity index (χ4v) is 6.64. The number of aromatic nitrogens is 2. The van der Waals surface area contributed by atoms with E-state index in [-0.39, 0.29) is 11.8 Å². The molecule has 0 radical (unpaired) electrons. The molecule has 0 bridgehead atoms. The zero-order valence-electron chi connectivity index (χ0n) is 19.2. The predicted octanol–water partition coefficient (Wildman–Crippen LogP) is 6.30. The Hall–Kier alpha value is -2.22. The van der Waals surface area contributed by atoms with Gasteiger partial charge in [0.1, 0.15) is 0 Å². The van der Waals surface area contributed by atoms with E-state index in [4.69, 9.17) is 16.6 Å². The Bertz CT molecular complexity index is 1320. The Balaban J connectivity index is 1.43. The summed E-state index contributed by atoms with van der Waals surface area (Å²) in [6.45, 7) is 3.52. The summed E-state index contributed by atoms with van der Waals surface area (Å²) in [4.78, 5) is 19.8. The molecule has 8 heteroatoms. The minimum Gasteiger partial charge on any atom is -0.619 e. The second-order valence-corrected chi connectivity index (χ2v) is 11.3. The lowest BCUT2D eigenvalue weighted by Gasteiger charge is -2.37. The first kappa shape index (κ1) is 24.5. The first-order valence-electron chi connectivity index (χ1n) is 11.6. The van der Waals surface area contributed by atoms with Gasteiger partial charge in [-0.15, -0.1) is 0 Å². The summed E-state index contributed by atoms with van der Waals surface area (Å²) in [6.07, 6.45) is 11.1. The fourth-order valence-electron chi connectivity index (χ4n) is 5.24. The van der Waals surface area contributed by atoms with Gasteiger partial charge >= 0.3 is 0 Å². The van der Waals surface area contributed by atoms with Crippen LogP contribution in [0.5, 0.6) is 0 Å². The zero-order chi connectivity index (χ0) is 24.7. The number of carbonyl (C=O) groups is 1. The van der Waals surface area contributed by atoms with Gasteiger partial charge in [0, 0.05) is 56.9 Å². The Morgan fingerprint density at radius 1 is 1.17 bits per heavy atom. The van der Waals surface area contributed by atoms with Crippen LogP contribution in [0.15, 0.2) is 51.8 Å². The number of carbonyl (C=O) groups excluding carboxylic acids is 1. The average molecular weight is 618 g/mol. The van der Waals surface area contributed by atoms with Gasteiger partial charge in [0.2, 0.25) is 5.91 Å². The molecule has 2 aromatic heterocycles. The largest absolute Gasteiger partial charge is 0.619 e. The molecule has 1 saturated heterocycles. The summed E-state index contributed by atoms with van der Waals surface area (Å²) < 4.78 is 2.71. The van der Waals surface area contributed by atoms with Crippen molar-refractivity contribution >= 4 is 61.5 Å². The van der Waals surface area contributed by atoms with Crippen molar-refractivity contribution in [2.75, 3.05) is 13.1 Å². The maximum absolute atomic E-state index is 13.0. The predicted molar refractivity (Wildman–Crippen MR) is 145 cm³/mol. The monoisotopic (exact) mass is 615 g/mol. The average Bonchev–Trinajstić information content (AvgIpc) is 3.00. The summed E-state index contributed by atoms with van der Waals surface area (Å²) in [5.74, 6) is 0.520. The van der Waals surface area contributed by atoms with Gasteiger partial charge in [0.15, 0.2) is 12.4 Å². The van der Waals surface area contributed by atoms with Crippen molar-refractivity contribution in [2.45, 2.75) is 32.1 Å². The van der Waals surface area contributed by atoms with Crippen LogP contribution in [0.2, 0.25) is 5.02 Å². The van der Waals surface area contributed by atoms with Crippen LogP contribution >= 0.6 is 43.5 Å². The Morgan fingerprint density at radius 3 is 2.60 bits per heavy atom. The van der Waals surface area contributed by atoms with Gasteiger partial charge in [-0.3, -0.25) is 9.78 Å². The Labute approximate surface area is 226 Å². The van der Waals surface area contributed by atoms with Crippen molar-refractivity contribution in [3.8, 4) is 0 Å². The molecule has 5 rings (SSSR count). The molecule has 2 aliphatic rings. The minimum absolute atomic E-state index is 0.0901. The standard InChI is InChI=1S/C27H24Br2ClN3O2/c1-16-21-3-2-19-13-20(30)14-22(28)25(19)26(27(21)31-15-23(16)29)18-6-8-32(9-7-18)24(34)12-17-4-10-33(35)11-5-17/h2-5,10-11,13-15,18,26H,6-9,12H2,1H3. The van der Waals surface area contributed by atoms with Gasteiger partial charge in [-0.1, -0.05) is 39.7 Å². The van der Waals surface area contributed by atoms with E-state index in [9.17, 15) is 10.0 Å². The second-order valence-electron chi connectivity index (χ2n) is 9.19. The van der Waals surface area contributed by atoms with E-state index in [2.05, 4.69) is 50.9 Å². The number of hydrogen-bond acceptors (Lipinski definition) is 3. The van der Waals surface area contributed by atoms with Crippen molar-refractivity contribution in [3.63, 3.8) is 0 Å². The lowest BCUT2D eigenvalue weighted by atomic mass is 9.76. The quantitative estimate of drug-likeness (QED) is 0.256. The van der Waals surface area contributed by atoms with E-state index >= 15 is 0 Å². The molecule has 0 spiro atoms. The van der Waals surface area contributed by atoms with E-state index < -0.39 is 0 Å². The van der Waals surface area contributed by atoms with Crippen LogP contribution in [0.25, 0.3) is 12.2 Å². The third-order valence-electron chi connectivity index (χ3n) is 7.11. The van der Waals surface area contributed by atoms with Crippen molar-refractivity contribution < 1.29 is 9.52 Å². The SMILES string of the molecule is Cc1c(Br)cnc2c1C=Cc1cc(Cl)cc(Br)c1C2C1CCN(C(=O)Cc2cc[n+]([O-])cc2)CC1. The molecule has 5 nitrogen and oxygen atoms in total. The number of hydrogen-bond donors (Lipinski definition) is 0. The summed E-state index contributed by atoms with van der Waals surface area (Å²) in [7, 11) is 0. The highest BCUT2D eigenvalue weighted by molar-refractivity contribution is 9.10. The summed E-state index contributed by atoms with van der Waals surface area (Å²) in [6, 6.07) is 7.39. The van der Waals surface area contributed by atoms with E-state index in [1.807, 2.05) is 23.2 Å². The molecule has 1 aromatic carbocycles. The van der Waals surface area contributed by atoms with Crippen LogP contribution in [0.1, 0.15) is 52.3 Å². The number of rotatable bonds is 3. The van der Waals surface area contributed by atoms with E-state index in [1.54, 1.807) is 12.1 Å². The molecule has 1 unspecified atom stereocenters. The van der Waals surface area contributed by atoms with Crippen molar-refractivity contribution in [1.29, 1.82) is 0 Å². The van der Waals surface area contributed by atoms with Crippen LogP contribution in [-0.2, 0) is 11.2 Å². The van der Waals surface area contributed by atoms with Crippen LogP contribution in [0.4, 0.5) is 0 Å². The molecule has 1 amide bonds. The molecule has 1 aliphatic heterocycles. The van der Waals surface area contributed by atoms with Crippen molar-refractivity contribution in [3.05, 3.63) is 95.5 Å². The number of pyridine rings is 2. The topological polar surface area (TPSA) is 60.1 Å². The molecule has 0 N–H and O–H groups in total. The van der Waals surface area contributed by atoms with E-state index in [0.29, 0.717) is 30.5 Å². The third kappa shape index (κ3) is 4.91. The van der Waals surface area contributed by atoms with Gasteiger partial charge in [0.05, 0.1) is 12.1 Å². The van der Waals surface area contributed by atoms with Crippen molar-refractivity contribution in [1.82, 2.24) is 9.88 Å². The maximum atomic E-state index is 13.0. The molecule has 1 fully saturated rings. The zero-order valence-corrected chi connectivity index (χ0v) is 23.1. The summed E-state index contributed by atoms with van der Waals surface area (Å²) in [5, 5.41) is 12.0. The molecular weight excluding hydrogens is 594 g/mol. The first-order valence-corrected chi connectivity index (χ1v) is 13.6. The van der Waals surface area contributed by atoms with Crippen LogP contribution in [0, 0.1) is 18.0 Å². The highest BCUT2D eigenvalue weighted by Gasteiger charge is 2.36. The maximum Gasteiger partial charge on any atom is 0.226 e. The third-order valence-corrected chi connectivity index (χ3v) is 8.78. The molecule has 1 aliphatic carbocycles. The fraction of sp³-hybridized carbons (Fsp3) is 0.296. The number of nitrogens with zero attached hydrogens (tertiary/aromatic N) is 3. The lowest BCUT2D eigenvalue weighted by molar-refractivity contribution is -0.605. The number of fused-ring (bicyclic) bond motifs is 2. The van der Waals surface area contributed by atoms with E-state index in [1.165, 1.54) is 23.5 Å². The molecular formula is C27H24Br2ClN3O2. The summed E-state index contributed by atoms with van der Waals surface area (Å²) >= 11 is 13.9.